The molecule has 1 aliphatic heterocycles. The van der Waals surface area contributed by atoms with Crippen molar-refractivity contribution >= 4 is 19.1 Å². The topological polar surface area (TPSA) is 71.1 Å². The van der Waals surface area contributed by atoms with Crippen molar-refractivity contribution < 1.29 is 28.4 Å². The lowest BCUT2D eigenvalue weighted by Crippen LogP contribution is -2.41. The van der Waals surface area contributed by atoms with Gasteiger partial charge in [-0.1, -0.05) is 26.2 Å². The molecular formula is C22H37BO6. The van der Waals surface area contributed by atoms with Crippen molar-refractivity contribution in [2.24, 2.45) is 5.92 Å². The first-order chi connectivity index (χ1) is 13.5. The summed E-state index contributed by atoms with van der Waals surface area (Å²) in [6, 6.07) is 0. The molecule has 1 aliphatic rings. The Morgan fingerprint density at radius 1 is 0.966 bits per heavy atom. The number of hydrogen-bond acceptors (Lipinski definition) is 6. The SMILES string of the molecule is CCCCCCC(=C=C(C)CC(C(=O)OC)C(=O)OC)B1OC(C)(C)C(C)(C)O1. The number of esters is 2. The average molecular weight is 408 g/mol. The summed E-state index contributed by atoms with van der Waals surface area (Å²) < 4.78 is 21.9. The molecular weight excluding hydrogens is 371 g/mol. The standard InChI is InChI=1S/C22H37BO6/c1-9-10-11-12-13-17(23-28-21(3,4)22(5,6)29-23)14-16(2)15-18(19(24)26-7)20(25)27-8/h18H,9-13,15H2,1-8H3. The van der Waals surface area contributed by atoms with Crippen LogP contribution in [-0.4, -0.2) is 44.5 Å². The Bertz CT molecular complexity index is 614. The monoisotopic (exact) mass is 408 g/mol. The predicted molar refractivity (Wildman–Crippen MR) is 113 cm³/mol. The minimum atomic E-state index is -1.00. The van der Waals surface area contributed by atoms with Crippen LogP contribution in [0.5, 0.6) is 0 Å². The van der Waals surface area contributed by atoms with E-state index < -0.39 is 36.2 Å². The quantitative estimate of drug-likeness (QED) is 0.175. The third-order valence-electron chi connectivity index (χ3n) is 5.69. The van der Waals surface area contributed by atoms with Gasteiger partial charge in [-0.05, 0) is 59.5 Å². The molecule has 0 aromatic rings. The van der Waals surface area contributed by atoms with Gasteiger partial charge >= 0.3 is 19.1 Å². The van der Waals surface area contributed by atoms with Gasteiger partial charge in [-0.2, -0.15) is 0 Å². The Morgan fingerprint density at radius 2 is 1.48 bits per heavy atom. The Kier molecular flexibility index (Phi) is 9.67. The fraction of sp³-hybridized carbons (Fsp3) is 0.773. The van der Waals surface area contributed by atoms with Crippen molar-refractivity contribution in [2.75, 3.05) is 14.2 Å². The molecule has 0 N–H and O–H groups in total. The molecule has 6 nitrogen and oxygen atoms in total. The van der Waals surface area contributed by atoms with E-state index in [-0.39, 0.29) is 6.42 Å². The van der Waals surface area contributed by atoms with Crippen molar-refractivity contribution in [3.05, 3.63) is 16.8 Å². The van der Waals surface area contributed by atoms with E-state index in [4.69, 9.17) is 18.8 Å². The number of rotatable bonds is 10. The number of methoxy groups -OCH3 is 2. The van der Waals surface area contributed by atoms with Gasteiger partial charge < -0.3 is 18.8 Å². The van der Waals surface area contributed by atoms with E-state index in [0.29, 0.717) is 0 Å². The molecule has 1 heterocycles. The fourth-order valence-corrected chi connectivity index (χ4v) is 3.15. The van der Waals surface area contributed by atoms with E-state index in [9.17, 15) is 9.59 Å². The average Bonchev–Trinajstić information content (AvgIpc) is 2.88. The highest BCUT2D eigenvalue weighted by atomic mass is 16.7. The molecule has 7 heteroatoms. The van der Waals surface area contributed by atoms with Crippen LogP contribution < -0.4 is 0 Å². The molecule has 0 bridgehead atoms. The minimum absolute atomic E-state index is 0.178. The van der Waals surface area contributed by atoms with E-state index in [2.05, 4.69) is 12.7 Å². The summed E-state index contributed by atoms with van der Waals surface area (Å²) in [5.74, 6) is -2.23. The third kappa shape index (κ3) is 7.02. The summed E-state index contributed by atoms with van der Waals surface area (Å²) in [7, 11) is 2.03. The molecule has 0 radical (unpaired) electrons. The second kappa shape index (κ2) is 11.0. The number of carbonyl (C=O) groups is 2. The highest BCUT2D eigenvalue weighted by Crippen LogP contribution is 2.39. The van der Waals surface area contributed by atoms with Crippen LogP contribution in [0.4, 0.5) is 0 Å². The third-order valence-corrected chi connectivity index (χ3v) is 5.69. The van der Waals surface area contributed by atoms with Crippen LogP contribution in [0.15, 0.2) is 16.8 Å². The molecule has 0 saturated carbocycles. The number of hydrogen-bond donors (Lipinski definition) is 0. The van der Waals surface area contributed by atoms with Crippen LogP contribution in [0.2, 0.25) is 0 Å². The van der Waals surface area contributed by atoms with Crippen molar-refractivity contribution in [3.8, 4) is 0 Å². The van der Waals surface area contributed by atoms with E-state index in [1.807, 2.05) is 34.6 Å². The van der Waals surface area contributed by atoms with Crippen LogP contribution in [-0.2, 0) is 28.4 Å². The van der Waals surface area contributed by atoms with Gasteiger partial charge in [-0.3, -0.25) is 9.59 Å². The van der Waals surface area contributed by atoms with Gasteiger partial charge in [-0.25, -0.2) is 0 Å². The maximum atomic E-state index is 12.0. The lowest BCUT2D eigenvalue weighted by atomic mass is 9.75. The van der Waals surface area contributed by atoms with Gasteiger partial charge in [0.2, 0.25) is 0 Å². The Morgan fingerprint density at radius 3 is 1.93 bits per heavy atom. The number of ether oxygens (including phenoxy) is 2. The second-order valence-electron chi connectivity index (χ2n) is 8.63. The molecule has 1 fully saturated rings. The Hall–Kier alpha value is -1.56. The van der Waals surface area contributed by atoms with Gasteiger partial charge in [0.25, 0.3) is 0 Å². The fourth-order valence-electron chi connectivity index (χ4n) is 3.15. The molecule has 0 aromatic heterocycles. The van der Waals surface area contributed by atoms with Crippen molar-refractivity contribution in [2.45, 2.75) is 91.3 Å². The molecule has 164 valence electrons. The van der Waals surface area contributed by atoms with Gasteiger partial charge in [0.05, 0.1) is 25.4 Å². The first-order valence-corrected chi connectivity index (χ1v) is 10.5. The van der Waals surface area contributed by atoms with Crippen LogP contribution in [0.25, 0.3) is 0 Å². The first-order valence-electron chi connectivity index (χ1n) is 10.5. The van der Waals surface area contributed by atoms with Gasteiger partial charge in [0, 0.05) is 5.47 Å². The zero-order valence-electron chi connectivity index (χ0n) is 19.3. The summed E-state index contributed by atoms with van der Waals surface area (Å²) >= 11 is 0. The lowest BCUT2D eigenvalue weighted by Gasteiger charge is -2.32. The molecule has 0 aromatic carbocycles. The summed E-state index contributed by atoms with van der Waals surface area (Å²) in [4.78, 5) is 24.0. The molecule has 0 amide bonds. The van der Waals surface area contributed by atoms with E-state index in [0.717, 1.165) is 36.7 Å². The molecule has 1 saturated heterocycles. The van der Waals surface area contributed by atoms with Gasteiger partial charge in [0.1, 0.15) is 0 Å². The zero-order valence-corrected chi connectivity index (χ0v) is 19.3. The highest BCUT2D eigenvalue weighted by molar-refractivity contribution is 6.54. The summed E-state index contributed by atoms with van der Waals surface area (Å²) in [6.07, 6.45) is 5.42. The normalized spacial score (nSPS) is 17.1. The van der Waals surface area contributed by atoms with Crippen LogP contribution in [0.1, 0.15) is 80.1 Å². The molecule has 0 spiro atoms. The molecule has 0 atom stereocenters. The number of unbranched alkanes of at least 4 members (excludes halogenated alkanes) is 3. The summed E-state index contributed by atoms with van der Waals surface area (Å²) in [6.45, 7) is 12.1. The Labute approximate surface area is 176 Å². The van der Waals surface area contributed by atoms with Crippen LogP contribution in [0, 0.1) is 5.92 Å². The number of allylic oxidation sites excluding steroid dienone is 1. The van der Waals surface area contributed by atoms with Crippen molar-refractivity contribution in [1.29, 1.82) is 0 Å². The van der Waals surface area contributed by atoms with Gasteiger partial charge in [0.15, 0.2) is 5.92 Å². The minimum Gasteiger partial charge on any atom is -0.468 e. The maximum absolute atomic E-state index is 12.0. The Balaban J connectivity index is 3.16. The molecule has 0 aliphatic carbocycles. The summed E-state index contributed by atoms with van der Waals surface area (Å²) in [5.41, 5.74) is 4.15. The van der Waals surface area contributed by atoms with Gasteiger partial charge in [-0.15, -0.1) is 5.73 Å². The number of carbonyl (C=O) groups excluding carboxylic acids is 2. The van der Waals surface area contributed by atoms with E-state index >= 15 is 0 Å². The maximum Gasteiger partial charge on any atom is 0.498 e. The van der Waals surface area contributed by atoms with Crippen molar-refractivity contribution in [1.82, 2.24) is 0 Å². The second-order valence-corrected chi connectivity index (χ2v) is 8.63. The van der Waals surface area contributed by atoms with Crippen molar-refractivity contribution in [3.63, 3.8) is 0 Å². The molecule has 29 heavy (non-hydrogen) atoms. The largest absolute Gasteiger partial charge is 0.498 e. The van der Waals surface area contributed by atoms with E-state index in [1.54, 1.807) is 0 Å². The zero-order chi connectivity index (χ0) is 22.2. The summed E-state index contributed by atoms with van der Waals surface area (Å²) in [5, 5.41) is 0. The van der Waals surface area contributed by atoms with E-state index in [1.165, 1.54) is 20.6 Å². The predicted octanol–water partition coefficient (Wildman–Crippen LogP) is 4.41. The smallest absolute Gasteiger partial charge is 0.468 e. The molecule has 1 rings (SSSR count). The molecule has 0 unspecified atom stereocenters. The van der Waals surface area contributed by atoms with Crippen LogP contribution >= 0.6 is 0 Å². The van der Waals surface area contributed by atoms with Crippen LogP contribution in [0.3, 0.4) is 0 Å². The lowest BCUT2D eigenvalue weighted by molar-refractivity contribution is -0.158. The first kappa shape index (κ1) is 25.5. The highest BCUT2D eigenvalue weighted by Gasteiger charge is 2.52.